The Balaban J connectivity index is 2.21. The molecule has 1 aromatic carbocycles. The van der Waals surface area contributed by atoms with Crippen LogP contribution in [0.25, 0.3) is 0 Å². The lowest BCUT2D eigenvalue weighted by molar-refractivity contribution is 0.167. The third kappa shape index (κ3) is 2.85. The zero-order valence-corrected chi connectivity index (χ0v) is 10.5. The number of nitrogens with zero attached hydrogens (tertiary/aromatic N) is 1. The maximum Gasteiger partial charge on any atom is 0.123 e. The van der Waals surface area contributed by atoms with Gasteiger partial charge in [-0.1, -0.05) is 12.5 Å². The Morgan fingerprint density at radius 3 is 2.59 bits per heavy atom. The molecule has 1 aliphatic heterocycles. The normalized spacial score (nSPS) is 19.2. The highest BCUT2D eigenvalue weighted by molar-refractivity contribution is 5.30. The van der Waals surface area contributed by atoms with Crippen LogP contribution in [0.2, 0.25) is 0 Å². The molecule has 0 saturated carbocycles. The van der Waals surface area contributed by atoms with Crippen LogP contribution in [0, 0.1) is 12.7 Å². The monoisotopic (exact) mass is 236 g/mol. The quantitative estimate of drug-likeness (QED) is 0.874. The second-order valence-electron chi connectivity index (χ2n) is 4.85. The molecule has 1 saturated heterocycles. The highest BCUT2D eigenvalue weighted by Crippen LogP contribution is 2.26. The summed E-state index contributed by atoms with van der Waals surface area (Å²) in [4.78, 5) is 2.43. The van der Waals surface area contributed by atoms with E-state index in [4.69, 9.17) is 5.73 Å². The van der Waals surface area contributed by atoms with E-state index in [1.165, 1.54) is 30.9 Å². The maximum atomic E-state index is 13.1. The lowest BCUT2D eigenvalue weighted by Crippen LogP contribution is -2.37. The van der Waals surface area contributed by atoms with Crippen molar-refractivity contribution in [1.82, 2.24) is 4.90 Å². The Morgan fingerprint density at radius 2 is 2.00 bits per heavy atom. The number of hydrogen-bond acceptors (Lipinski definition) is 2. The highest BCUT2D eigenvalue weighted by atomic mass is 19.1. The number of benzene rings is 1. The highest BCUT2D eigenvalue weighted by Gasteiger charge is 2.22. The van der Waals surface area contributed by atoms with E-state index in [1.54, 1.807) is 6.07 Å². The molecule has 1 aliphatic rings. The zero-order valence-electron chi connectivity index (χ0n) is 10.5. The van der Waals surface area contributed by atoms with E-state index in [2.05, 4.69) is 4.90 Å². The van der Waals surface area contributed by atoms with Crippen LogP contribution >= 0.6 is 0 Å². The van der Waals surface area contributed by atoms with Crippen molar-refractivity contribution in [2.45, 2.75) is 32.2 Å². The van der Waals surface area contributed by atoms with Crippen LogP contribution in [0.15, 0.2) is 18.2 Å². The molecule has 2 nitrogen and oxygen atoms in total. The third-order valence-electron chi connectivity index (χ3n) is 3.65. The summed E-state index contributed by atoms with van der Waals surface area (Å²) in [5.74, 6) is -0.166. The van der Waals surface area contributed by atoms with Gasteiger partial charge in [0.2, 0.25) is 0 Å². The van der Waals surface area contributed by atoms with Crippen LogP contribution in [-0.2, 0) is 0 Å². The number of piperidine rings is 1. The van der Waals surface area contributed by atoms with E-state index in [-0.39, 0.29) is 11.9 Å². The SMILES string of the molecule is Cc1cc(F)ccc1C(CN)N1CCCCC1. The number of nitrogens with two attached hydrogens (primary N) is 1. The molecular formula is C14H21FN2. The van der Waals surface area contributed by atoms with Gasteiger partial charge in [-0.05, 0) is 56.1 Å². The van der Waals surface area contributed by atoms with Gasteiger partial charge >= 0.3 is 0 Å². The Hall–Kier alpha value is -0.930. The van der Waals surface area contributed by atoms with Crippen LogP contribution in [0.4, 0.5) is 4.39 Å². The average molecular weight is 236 g/mol. The lowest BCUT2D eigenvalue weighted by Gasteiger charge is -2.34. The first-order valence-electron chi connectivity index (χ1n) is 6.42. The number of likely N-dealkylation sites (tertiary alicyclic amines) is 1. The Kier molecular flexibility index (Phi) is 4.13. The molecule has 2 rings (SSSR count). The molecule has 17 heavy (non-hydrogen) atoms. The molecular weight excluding hydrogens is 215 g/mol. The summed E-state index contributed by atoms with van der Waals surface area (Å²) in [5, 5.41) is 0. The van der Waals surface area contributed by atoms with Crippen molar-refractivity contribution in [2.24, 2.45) is 5.73 Å². The largest absolute Gasteiger partial charge is 0.329 e. The summed E-state index contributed by atoms with van der Waals surface area (Å²) >= 11 is 0. The lowest BCUT2D eigenvalue weighted by atomic mass is 9.97. The predicted octanol–water partition coefficient (Wildman–Crippen LogP) is 2.62. The van der Waals surface area contributed by atoms with Crippen LogP contribution in [0.3, 0.4) is 0 Å². The number of aryl methyl sites for hydroxylation is 1. The van der Waals surface area contributed by atoms with Crippen molar-refractivity contribution in [3.05, 3.63) is 35.1 Å². The molecule has 1 heterocycles. The van der Waals surface area contributed by atoms with E-state index >= 15 is 0 Å². The van der Waals surface area contributed by atoms with E-state index in [9.17, 15) is 4.39 Å². The van der Waals surface area contributed by atoms with Crippen molar-refractivity contribution in [3.8, 4) is 0 Å². The van der Waals surface area contributed by atoms with Gasteiger partial charge in [0.05, 0.1) is 0 Å². The fourth-order valence-electron chi connectivity index (χ4n) is 2.72. The minimum atomic E-state index is -0.166. The van der Waals surface area contributed by atoms with Gasteiger partial charge in [-0.25, -0.2) is 4.39 Å². The van der Waals surface area contributed by atoms with Gasteiger partial charge in [0.1, 0.15) is 5.82 Å². The summed E-state index contributed by atoms with van der Waals surface area (Å²) in [6.45, 7) is 4.79. The van der Waals surface area contributed by atoms with E-state index in [0.717, 1.165) is 18.7 Å². The van der Waals surface area contributed by atoms with E-state index in [1.807, 2.05) is 13.0 Å². The molecule has 0 spiro atoms. The van der Waals surface area contributed by atoms with E-state index < -0.39 is 0 Å². The van der Waals surface area contributed by atoms with Gasteiger partial charge in [-0.2, -0.15) is 0 Å². The van der Waals surface area contributed by atoms with Crippen LogP contribution < -0.4 is 5.73 Å². The topological polar surface area (TPSA) is 29.3 Å². The van der Waals surface area contributed by atoms with Gasteiger partial charge in [0, 0.05) is 12.6 Å². The molecule has 0 amide bonds. The number of halogens is 1. The number of rotatable bonds is 3. The fourth-order valence-corrected chi connectivity index (χ4v) is 2.72. The van der Waals surface area contributed by atoms with Gasteiger partial charge in [-0.3, -0.25) is 4.90 Å². The molecule has 1 atom stereocenters. The second kappa shape index (κ2) is 5.61. The standard InChI is InChI=1S/C14H21FN2/c1-11-9-12(15)5-6-13(11)14(10-16)17-7-3-2-4-8-17/h5-6,9,14H,2-4,7-8,10,16H2,1H3. The third-order valence-corrected chi connectivity index (χ3v) is 3.65. The molecule has 2 N–H and O–H groups in total. The molecule has 0 bridgehead atoms. The molecule has 0 aromatic heterocycles. The minimum Gasteiger partial charge on any atom is -0.329 e. The maximum absolute atomic E-state index is 13.1. The molecule has 1 aromatic rings. The molecule has 1 unspecified atom stereocenters. The summed E-state index contributed by atoms with van der Waals surface area (Å²) in [5.41, 5.74) is 8.09. The second-order valence-corrected chi connectivity index (χ2v) is 4.85. The van der Waals surface area contributed by atoms with Crippen molar-refractivity contribution >= 4 is 0 Å². The van der Waals surface area contributed by atoms with Crippen LogP contribution in [0.5, 0.6) is 0 Å². The Bertz CT molecular complexity index is 372. The average Bonchev–Trinajstić information content (AvgIpc) is 2.34. The summed E-state index contributed by atoms with van der Waals surface area (Å²) in [6, 6.07) is 5.27. The van der Waals surface area contributed by atoms with Crippen LogP contribution in [0.1, 0.15) is 36.4 Å². The molecule has 1 fully saturated rings. The van der Waals surface area contributed by atoms with Crippen molar-refractivity contribution in [2.75, 3.05) is 19.6 Å². The molecule has 94 valence electrons. The minimum absolute atomic E-state index is 0.166. The predicted molar refractivity (Wildman–Crippen MR) is 68.4 cm³/mol. The summed E-state index contributed by atoms with van der Waals surface area (Å²) in [7, 11) is 0. The smallest absolute Gasteiger partial charge is 0.123 e. The first-order chi connectivity index (χ1) is 8.22. The van der Waals surface area contributed by atoms with Gasteiger partial charge < -0.3 is 5.73 Å². The van der Waals surface area contributed by atoms with Gasteiger partial charge in [0.25, 0.3) is 0 Å². The first-order valence-corrected chi connectivity index (χ1v) is 6.42. The summed E-state index contributed by atoms with van der Waals surface area (Å²) in [6.07, 6.45) is 3.81. The summed E-state index contributed by atoms with van der Waals surface area (Å²) < 4.78 is 13.1. The van der Waals surface area contributed by atoms with Crippen molar-refractivity contribution in [1.29, 1.82) is 0 Å². The molecule has 3 heteroatoms. The zero-order chi connectivity index (χ0) is 12.3. The van der Waals surface area contributed by atoms with E-state index in [0.29, 0.717) is 6.54 Å². The van der Waals surface area contributed by atoms with Crippen molar-refractivity contribution in [3.63, 3.8) is 0 Å². The Morgan fingerprint density at radius 1 is 1.29 bits per heavy atom. The molecule has 0 radical (unpaired) electrons. The van der Waals surface area contributed by atoms with Crippen molar-refractivity contribution < 1.29 is 4.39 Å². The number of hydrogen-bond donors (Lipinski definition) is 1. The fraction of sp³-hybridized carbons (Fsp3) is 0.571. The molecule has 0 aliphatic carbocycles. The van der Waals surface area contributed by atoms with Crippen LogP contribution in [-0.4, -0.2) is 24.5 Å². The van der Waals surface area contributed by atoms with Gasteiger partial charge in [-0.15, -0.1) is 0 Å². The Labute approximate surface area is 103 Å². The first kappa shape index (κ1) is 12.5. The van der Waals surface area contributed by atoms with Gasteiger partial charge in [0.15, 0.2) is 0 Å².